The summed E-state index contributed by atoms with van der Waals surface area (Å²) in [6, 6.07) is 9.67. The van der Waals surface area contributed by atoms with E-state index in [4.69, 9.17) is 21.0 Å². The van der Waals surface area contributed by atoms with E-state index in [2.05, 4.69) is 56.0 Å². The third-order valence-electron chi connectivity index (χ3n) is 8.49. The summed E-state index contributed by atoms with van der Waals surface area (Å²) in [6.45, 7) is 3.47. The number of rotatable bonds is 16. The lowest BCUT2D eigenvalue weighted by molar-refractivity contribution is 0.276. The number of nitrogen functional groups attached to an aromatic ring is 2. The number of hydrogen-bond acceptors (Lipinski definition) is 14. The predicted molar refractivity (Wildman–Crippen MR) is 194 cm³/mol. The normalized spacial score (nSPS) is 12.2. The second kappa shape index (κ2) is 14.9. The zero-order chi connectivity index (χ0) is 34.5. The highest BCUT2D eigenvalue weighted by Crippen LogP contribution is 2.30. The van der Waals surface area contributed by atoms with Crippen molar-refractivity contribution in [2.45, 2.75) is 64.7 Å². The Kier molecular flexibility index (Phi) is 9.79. The van der Waals surface area contributed by atoms with Crippen LogP contribution < -0.4 is 22.1 Å². The Balaban J connectivity index is 1.08. The summed E-state index contributed by atoms with van der Waals surface area (Å²) in [5.74, 6) is 2.40. The predicted octanol–water partition coefficient (Wildman–Crippen LogP) is 4.77. The van der Waals surface area contributed by atoms with Crippen LogP contribution in [0, 0.1) is 6.92 Å². The minimum atomic E-state index is -0.0282. The molecule has 258 valence electrons. The minimum absolute atomic E-state index is 0.0282. The first-order valence-electron chi connectivity index (χ1n) is 16.5. The third-order valence-corrected chi connectivity index (χ3v) is 9.12. The van der Waals surface area contributed by atoms with Gasteiger partial charge in [-0.3, -0.25) is 4.98 Å². The maximum absolute atomic E-state index is 9.96. The van der Waals surface area contributed by atoms with E-state index in [1.54, 1.807) is 17.5 Å². The molecule has 0 saturated carbocycles. The number of aliphatic hydroxyl groups is 1. The number of fused-ring (bicyclic) bond motifs is 2. The number of anilines is 4. The van der Waals surface area contributed by atoms with Crippen LogP contribution in [0.5, 0.6) is 0 Å². The van der Waals surface area contributed by atoms with Crippen molar-refractivity contribution in [1.29, 1.82) is 0 Å². The highest BCUT2D eigenvalue weighted by atomic mass is 32.1. The summed E-state index contributed by atoms with van der Waals surface area (Å²) < 4.78 is 9.45. The zero-order valence-electron chi connectivity index (χ0n) is 27.7. The number of nitrogens with zero attached hydrogens (tertiary/aromatic N) is 9. The quantitative estimate of drug-likeness (QED) is 0.0865. The lowest BCUT2D eigenvalue weighted by Crippen LogP contribution is -2.22. The van der Waals surface area contributed by atoms with Gasteiger partial charge in [0.2, 0.25) is 11.9 Å². The number of aromatic nitrogens is 9. The van der Waals surface area contributed by atoms with Crippen LogP contribution in [-0.2, 0) is 26.1 Å². The van der Waals surface area contributed by atoms with Crippen molar-refractivity contribution in [1.82, 2.24) is 44.2 Å². The molecule has 0 aliphatic heterocycles. The van der Waals surface area contributed by atoms with Gasteiger partial charge in [-0.2, -0.15) is 9.97 Å². The topological polar surface area (TPSA) is 210 Å². The molecular weight excluding hydrogens is 655 g/mol. The van der Waals surface area contributed by atoms with Gasteiger partial charge in [0, 0.05) is 42.7 Å². The summed E-state index contributed by atoms with van der Waals surface area (Å²) >= 11 is 1.56. The van der Waals surface area contributed by atoms with E-state index in [1.807, 2.05) is 54.3 Å². The molecule has 0 saturated heterocycles. The average molecular weight is 694 g/mol. The second-order valence-corrected chi connectivity index (χ2v) is 12.9. The van der Waals surface area contributed by atoms with Crippen LogP contribution >= 0.6 is 11.3 Å². The number of nitrogens with one attached hydrogen (secondary N) is 2. The van der Waals surface area contributed by atoms with Gasteiger partial charge >= 0.3 is 0 Å². The maximum Gasteiger partial charge on any atom is 0.222 e. The van der Waals surface area contributed by atoms with Crippen molar-refractivity contribution < 1.29 is 9.63 Å². The summed E-state index contributed by atoms with van der Waals surface area (Å²) in [5.41, 5.74) is 21.2. The molecule has 0 spiro atoms. The molecule has 15 nitrogen and oxygen atoms in total. The van der Waals surface area contributed by atoms with Gasteiger partial charge in [0.15, 0.2) is 11.6 Å². The van der Waals surface area contributed by atoms with Crippen LogP contribution in [0.15, 0.2) is 64.3 Å². The molecule has 0 fully saturated rings. The fourth-order valence-electron chi connectivity index (χ4n) is 6.25. The number of unbranched alkanes of at least 4 members (excludes halogenated alkanes) is 1. The molecule has 0 bridgehead atoms. The minimum Gasteiger partial charge on any atom is -0.396 e. The monoisotopic (exact) mass is 693 g/mol. The molecule has 0 aliphatic rings. The molecule has 1 atom stereocenters. The van der Waals surface area contributed by atoms with Crippen LogP contribution in [0.25, 0.3) is 22.1 Å². The second-order valence-electron chi connectivity index (χ2n) is 12.2. The highest BCUT2D eigenvalue weighted by molar-refractivity contribution is 7.07. The Bertz CT molecular complexity index is 2180. The van der Waals surface area contributed by atoms with E-state index < -0.39 is 0 Å². The van der Waals surface area contributed by atoms with E-state index in [0.29, 0.717) is 37.7 Å². The lowest BCUT2D eigenvalue weighted by Gasteiger charge is -2.20. The van der Waals surface area contributed by atoms with Gasteiger partial charge in [-0.25, -0.2) is 15.0 Å². The molecular formula is C34H39N13O2S. The lowest BCUT2D eigenvalue weighted by atomic mass is 10.0. The van der Waals surface area contributed by atoms with Crippen molar-refractivity contribution in [2.24, 2.45) is 0 Å². The van der Waals surface area contributed by atoms with Gasteiger partial charge in [-0.15, -0.1) is 11.3 Å². The largest absolute Gasteiger partial charge is 0.396 e. The number of aliphatic hydroxyl groups excluding tert-OH is 1. The number of pyridine rings is 1. The van der Waals surface area contributed by atoms with E-state index in [0.717, 1.165) is 76.2 Å². The summed E-state index contributed by atoms with van der Waals surface area (Å²) in [6.07, 6.45) is 9.82. The van der Waals surface area contributed by atoms with Gasteiger partial charge in [-0.1, -0.05) is 17.6 Å². The fourth-order valence-corrected chi connectivity index (χ4v) is 6.80. The molecule has 7 N–H and O–H groups in total. The van der Waals surface area contributed by atoms with E-state index >= 15 is 0 Å². The molecule has 7 aromatic heterocycles. The molecule has 7 aromatic rings. The van der Waals surface area contributed by atoms with Gasteiger partial charge in [0.05, 0.1) is 47.6 Å². The van der Waals surface area contributed by atoms with Gasteiger partial charge in [-0.05, 0) is 56.4 Å². The van der Waals surface area contributed by atoms with Crippen molar-refractivity contribution in [3.8, 4) is 0 Å². The number of hydrogen-bond donors (Lipinski definition) is 5. The summed E-state index contributed by atoms with van der Waals surface area (Å²) in [5, 5.41) is 23.1. The Hall–Kier alpha value is -5.61. The Morgan fingerprint density at radius 1 is 0.920 bits per heavy atom. The fraction of sp³-hybridized carbons (Fsp3) is 0.324. The molecule has 0 unspecified atom stereocenters. The standard InChI is InChI=1S/C34H39N13O2S/c1-21-14-25(45-49-21)15-38-31-30-28(42-34(36)43-31)22(16-47(30)17-24-8-4-5-11-37-24)6-2-3-7-23(10-13-48)40-32-29-27(41-33(35)44-32)9-12-46(29)18-26-19-50-20-39-26/h4-5,8-9,11-12,14,16,19-20,23,48H,2-3,6-7,10,13,15,17-18H2,1H3,(H3,35,40,41,44)(H3,36,38,42,43)/t23-/m0/s1. The van der Waals surface area contributed by atoms with Crippen molar-refractivity contribution in [3.63, 3.8) is 0 Å². The van der Waals surface area contributed by atoms with Crippen LogP contribution in [0.3, 0.4) is 0 Å². The smallest absolute Gasteiger partial charge is 0.222 e. The Morgan fingerprint density at radius 3 is 2.56 bits per heavy atom. The zero-order valence-corrected chi connectivity index (χ0v) is 28.5. The molecule has 50 heavy (non-hydrogen) atoms. The van der Waals surface area contributed by atoms with Gasteiger partial charge < -0.3 is 40.9 Å². The molecule has 16 heteroatoms. The first-order chi connectivity index (χ1) is 24.4. The SMILES string of the molecule is Cc1cc(CNc2nc(N)nc3c(CCCC[C@@H](CCO)Nc4nc(N)nc5ccn(Cc6cscn6)c45)cn(Cc4ccccn4)c23)no1. The molecule has 0 aliphatic carbocycles. The summed E-state index contributed by atoms with van der Waals surface area (Å²) in [7, 11) is 0. The van der Waals surface area contributed by atoms with E-state index in [-0.39, 0.29) is 24.5 Å². The first-order valence-corrected chi connectivity index (χ1v) is 17.5. The Morgan fingerprint density at radius 2 is 1.78 bits per heavy atom. The molecule has 0 radical (unpaired) electrons. The van der Waals surface area contributed by atoms with Crippen LogP contribution in [-0.4, -0.2) is 61.9 Å². The van der Waals surface area contributed by atoms with Crippen LogP contribution in [0.1, 0.15) is 54.1 Å². The van der Waals surface area contributed by atoms with Crippen molar-refractivity contribution >= 4 is 56.9 Å². The Labute approximate surface area is 291 Å². The maximum atomic E-state index is 9.96. The molecule has 7 heterocycles. The van der Waals surface area contributed by atoms with Gasteiger partial charge in [0.1, 0.15) is 22.5 Å². The third kappa shape index (κ3) is 7.50. The molecule has 0 amide bonds. The molecule has 0 aromatic carbocycles. The number of aryl methyl sites for hydroxylation is 2. The van der Waals surface area contributed by atoms with E-state index in [1.165, 1.54) is 0 Å². The first kappa shape index (κ1) is 32.9. The summed E-state index contributed by atoms with van der Waals surface area (Å²) in [4.78, 5) is 27.3. The van der Waals surface area contributed by atoms with Gasteiger partial charge in [0.25, 0.3) is 0 Å². The molecule has 7 rings (SSSR count). The van der Waals surface area contributed by atoms with E-state index in [9.17, 15) is 5.11 Å². The number of thiazole rings is 1. The van der Waals surface area contributed by atoms with Crippen LogP contribution in [0.4, 0.5) is 23.5 Å². The van der Waals surface area contributed by atoms with Crippen molar-refractivity contribution in [2.75, 3.05) is 28.7 Å². The number of nitrogens with two attached hydrogens (primary N) is 2. The average Bonchev–Trinajstić information content (AvgIpc) is 3.91. The highest BCUT2D eigenvalue weighted by Gasteiger charge is 2.19. The van der Waals surface area contributed by atoms with Crippen LogP contribution in [0.2, 0.25) is 0 Å². The van der Waals surface area contributed by atoms with Crippen molar-refractivity contribution in [3.05, 3.63) is 88.2 Å².